The summed E-state index contributed by atoms with van der Waals surface area (Å²) in [4.78, 5) is 2.19. The van der Waals surface area contributed by atoms with E-state index in [0.717, 1.165) is 23.9 Å². The lowest BCUT2D eigenvalue weighted by Crippen LogP contribution is -2.32. The fourth-order valence-corrected chi connectivity index (χ4v) is 2.62. The summed E-state index contributed by atoms with van der Waals surface area (Å²) in [6.07, 6.45) is -1.16. The molecule has 0 aromatic heterocycles. The van der Waals surface area contributed by atoms with Crippen LogP contribution in [0.1, 0.15) is 36.9 Å². The van der Waals surface area contributed by atoms with Crippen LogP contribution < -0.4 is 5.73 Å². The van der Waals surface area contributed by atoms with Gasteiger partial charge in [-0.1, -0.05) is 25.1 Å². The van der Waals surface area contributed by atoms with Gasteiger partial charge in [-0.3, -0.25) is 4.90 Å². The van der Waals surface area contributed by atoms with Crippen LogP contribution in [-0.2, 0) is 0 Å². The van der Waals surface area contributed by atoms with Crippen LogP contribution in [0.3, 0.4) is 0 Å². The molecule has 3 atom stereocenters. The lowest BCUT2D eigenvalue weighted by atomic mass is 10.0. The van der Waals surface area contributed by atoms with E-state index in [4.69, 9.17) is 5.73 Å². The Labute approximate surface area is 113 Å². The van der Waals surface area contributed by atoms with Crippen molar-refractivity contribution in [1.29, 1.82) is 0 Å². The molecule has 0 saturated heterocycles. The first-order valence-corrected chi connectivity index (χ1v) is 6.81. The summed E-state index contributed by atoms with van der Waals surface area (Å²) < 4.78 is 25.5. The van der Waals surface area contributed by atoms with Crippen molar-refractivity contribution in [1.82, 2.24) is 4.90 Å². The Morgan fingerprint density at radius 3 is 2.53 bits per heavy atom. The first kappa shape index (κ1) is 14.4. The second kappa shape index (κ2) is 5.97. The molecule has 4 heteroatoms. The quantitative estimate of drug-likeness (QED) is 0.858. The van der Waals surface area contributed by atoms with Crippen LogP contribution >= 0.6 is 0 Å². The SMILES string of the molecule is CC1CC1CN(C)C(CN)c1cccc(C(F)F)c1. The molecule has 1 fully saturated rings. The Kier molecular flexibility index (Phi) is 4.53. The number of rotatable bonds is 6. The predicted molar refractivity (Wildman–Crippen MR) is 73.1 cm³/mol. The number of likely N-dealkylation sites (N-methyl/N-ethyl adjacent to an activating group) is 1. The molecule has 0 heterocycles. The van der Waals surface area contributed by atoms with Crippen LogP contribution in [0.25, 0.3) is 0 Å². The smallest absolute Gasteiger partial charge is 0.263 e. The minimum absolute atomic E-state index is 0.0199. The Balaban J connectivity index is 2.09. The number of halogens is 2. The summed E-state index contributed by atoms with van der Waals surface area (Å²) in [5.74, 6) is 1.52. The molecule has 2 N–H and O–H groups in total. The van der Waals surface area contributed by atoms with E-state index in [-0.39, 0.29) is 11.6 Å². The van der Waals surface area contributed by atoms with Gasteiger partial charge in [0.2, 0.25) is 0 Å². The second-order valence-electron chi connectivity index (χ2n) is 5.63. The maximum Gasteiger partial charge on any atom is 0.263 e. The minimum atomic E-state index is -2.42. The number of hydrogen-bond donors (Lipinski definition) is 1. The molecule has 2 rings (SSSR count). The van der Waals surface area contributed by atoms with Gasteiger partial charge in [0.25, 0.3) is 6.43 Å². The third-order valence-corrected chi connectivity index (χ3v) is 4.10. The Bertz CT molecular complexity index is 422. The van der Waals surface area contributed by atoms with Crippen LogP contribution in [0.5, 0.6) is 0 Å². The molecular weight excluding hydrogens is 246 g/mol. The van der Waals surface area contributed by atoms with Crippen LogP contribution in [0.15, 0.2) is 24.3 Å². The second-order valence-corrected chi connectivity index (χ2v) is 5.63. The molecule has 106 valence electrons. The first-order chi connectivity index (χ1) is 9.02. The summed E-state index contributed by atoms with van der Waals surface area (Å²) in [6, 6.07) is 6.63. The fraction of sp³-hybridized carbons (Fsp3) is 0.600. The van der Waals surface area contributed by atoms with Gasteiger partial charge in [0.15, 0.2) is 0 Å². The molecule has 19 heavy (non-hydrogen) atoms. The number of nitrogens with two attached hydrogens (primary N) is 1. The van der Waals surface area contributed by atoms with Crippen molar-refractivity contribution in [2.45, 2.75) is 25.8 Å². The molecule has 0 spiro atoms. The van der Waals surface area contributed by atoms with Gasteiger partial charge in [-0.2, -0.15) is 0 Å². The zero-order chi connectivity index (χ0) is 14.0. The molecule has 1 aliphatic carbocycles. The van der Waals surface area contributed by atoms with E-state index in [9.17, 15) is 8.78 Å². The number of nitrogens with zero attached hydrogens (tertiary/aromatic N) is 1. The highest BCUT2D eigenvalue weighted by molar-refractivity contribution is 5.27. The monoisotopic (exact) mass is 268 g/mol. The zero-order valence-corrected chi connectivity index (χ0v) is 11.5. The highest BCUT2D eigenvalue weighted by Gasteiger charge is 2.34. The summed E-state index contributed by atoms with van der Waals surface area (Å²) in [5.41, 5.74) is 6.79. The molecular formula is C15H22F2N2. The largest absolute Gasteiger partial charge is 0.329 e. The zero-order valence-electron chi connectivity index (χ0n) is 11.5. The molecule has 1 aromatic carbocycles. The van der Waals surface area contributed by atoms with E-state index in [0.29, 0.717) is 6.54 Å². The molecule has 1 saturated carbocycles. The van der Waals surface area contributed by atoms with Crippen molar-refractivity contribution in [2.75, 3.05) is 20.1 Å². The number of benzene rings is 1. The van der Waals surface area contributed by atoms with Gasteiger partial charge >= 0.3 is 0 Å². The van der Waals surface area contributed by atoms with Gasteiger partial charge in [-0.25, -0.2) is 8.78 Å². The van der Waals surface area contributed by atoms with Gasteiger partial charge in [0, 0.05) is 24.7 Å². The molecule has 0 amide bonds. The van der Waals surface area contributed by atoms with Gasteiger partial charge in [0.1, 0.15) is 0 Å². The minimum Gasteiger partial charge on any atom is -0.329 e. The average molecular weight is 268 g/mol. The molecule has 0 aliphatic heterocycles. The number of hydrogen-bond acceptors (Lipinski definition) is 2. The van der Waals surface area contributed by atoms with Crippen molar-refractivity contribution >= 4 is 0 Å². The van der Waals surface area contributed by atoms with E-state index >= 15 is 0 Å². The van der Waals surface area contributed by atoms with Crippen LogP contribution in [-0.4, -0.2) is 25.0 Å². The Hall–Kier alpha value is -1.00. The summed E-state index contributed by atoms with van der Waals surface area (Å²) in [5, 5.41) is 0. The highest BCUT2D eigenvalue weighted by atomic mass is 19.3. The van der Waals surface area contributed by atoms with Gasteiger partial charge in [0.05, 0.1) is 0 Å². The maximum absolute atomic E-state index is 12.7. The highest BCUT2D eigenvalue weighted by Crippen LogP contribution is 2.39. The molecule has 2 nitrogen and oxygen atoms in total. The van der Waals surface area contributed by atoms with Crippen molar-refractivity contribution < 1.29 is 8.78 Å². The maximum atomic E-state index is 12.7. The van der Waals surface area contributed by atoms with E-state index in [1.807, 2.05) is 13.1 Å². The Morgan fingerprint density at radius 1 is 1.37 bits per heavy atom. The van der Waals surface area contributed by atoms with Crippen molar-refractivity contribution in [2.24, 2.45) is 17.6 Å². The van der Waals surface area contributed by atoms with Crippen LogP contribution in [0, 0.1) is 11.8 Å². The van der Waals surface area contributed by atoms with E-state index in [1.165, 1.54) is 12.5 Å². The van der Waals surface area contributed by atoms with Crippen molar-refractivity contribution in [3.05, 3.63) is 35.4 Å². The van der Waals surface area contributed by atoms with Crippen LogP contribution in [0.4, 0.5) is 8.78 Å². The first-order valence-electron chi connectivity index (χ1n) is 6.81. The summed E-state index contributed by atoms with van der Waals surface area (Å²) in [6.45, 7) is 3.68. The number of alkyl halides is 2. The van der Waals surface area contributed by atoms with E-state index in [2.05, 4.69) is 11.8 Å². The van der Waals surface area contributed by atoms with Crippen molar-refractivity contribution in [3.8, 4) is 0 Å². The van der Waals surface area contributed by atoms with Crippen molar-refractivity contribution in [3.63, 3.8) is 0 Å². The van der Waals surface area contributed by atoms with Gasteiger partial charge in [-0.05, 0) is 36.9 Å². The predicted octanol–water partition coefficient (Wildman–Crippen LogP) is 3.21. The third-order valence-electron chi connectivity index (χ3n) is 4.10. The summed E-state index contributed by atoms with van der Waals surface area (Å²) >= 11 is 0. The average Bonchev–Trinajstić information content (AvgIpc) is 3.06. The van der Waals surface area contributed by atoms with E-state index in [1.54, 1.807) is 12.1 Å². The standard InChI is InChI=1S/C15H22F2N2/c1-10-6-13(10)9-19(2)14(8-18)11-4-3-5-12(7-11)15(16)17/h3-5,7,10,13-15H,6,8-9,18H2,1-2H3. The summed E-state index contributed by atoms with van der Waals surface area (Å²) in [7, 11) is 2.03. The lowest BCUT2D eigenvalue weighted by molar-refractivity contribution is 0.151. The molecule has 1 aliphatic rings. The molecule has 3 unspecified atom stereocenters. The Morgan fingerprint density at radius 2 is 2.00 bits per heavy atom. The normalized spacial score (nSPS) is 23.9. The topological polar surface area (TPSA) is 29.3 Å². The third kappa shape index (κ3) is 3.51. The molecule has 0 radical (unpaired) electrons. The molecule has 1 aromatic rings. The van der Waals surface area contributed by atoms with Gasteiger partial charge in [-0.15, -0.1) is 0 Å². The van der Waals surface area contributed by atoms with E-state index < -0.39 is 6.43 Å². The fourth-order valence-electron chi connectivity index (χ4n) is 2.62. The van der Waals surface area contributed by atoms with Crippen LogP contribution in [0.2, 0.25) is 0 Å². The lowest BCUT2D eigenvalue weighted by Gasteiger charge is -2.28. The molecule has 0 bridgehead atoms. The van der Waals surface area contributed by atoms with Gasteiger partial charge < -0.3 is 5.73 Å².